The van der Waals surface area contributed by atoms with Crippen LogP contribution >= 0.6 is 0 Å². The summed E-state index contributed by atoms with van der Waals surface area (Å²) >= 11 is 0. The molecule has 0 aromatic carbocycles. The van der Waals surface area contributed by atoms with Gasteiger partial charge in [0, 0.05) is 25.4 Å². The molecule has 0 bridgehead atoms. The lowest BCUT2D eigenvalue weighted by Crippen LogP contribution is -2.21. The first-order chi connectivity index (χ1) is 7.88. The number of aromatic nitrogens is 3. The highest BCUT2D eigenvalue weighted by Crippen LogP contribution is 2.27. The Bertz CT molecular complexity index is 371. The minimum atomic E-state index is 0.624. The van der Waals surface area contributed by atoms with E-state index in [4.69, 9.17) is 0 Å². The summed E-state index contributed by atoms with van der Waals surface area (Å²) in [5.74, 6) is 3.10. The van der Waals surface area contributed by atoms with Crippen LogP contribution in [0.2, 0.25) is 0 Å². The van der Waals surface area contributed by atoms with E-state index in [1.54, 1.807) is 0 Å². The Kier molecular flexibility index (Phi) is 2.67. The Morgan fingerprint density at radius 1 is 1.25 bits per heavy atom. The zero-order valence-corrected chi connectivity index (χ0v) is 10.0. The summed E-state index contributed by atoms with van der Waals surface area (Å²) in [5.41, 5.74) is 0. The van der Waals surface area contributed by atoms with E-state index in [9.17, 15) is 0 Å². The van der Waals surface area contributed by atoms with Gasteiger partial charge in [-0.3, -0.25) is 0 Å². The molecule has 1 aromatic rings. The predicted octanol–water partition coefficient (Wildman–Crippen LogP) is 1.42. The van der Waals surface area contributed by atoms with Gasteiger partial charge in [-0.2, -0.15) is 0 Å². The molecule has 2 aliphatic heterocycles. The molecule has 1 atom stereocenters. The molecule has 3 heterocycles. The van der Waals surface area contributed by atoms with Gasteiger partial charge in [0.25, 0.3) is 0 Å². The minimum Gasteiger partial charge on any atom is -0.315 e. The number of likely N-dealkylation sites (tertiary alicyclic amines) is 1. The molecule has 1 aromatic heterocycles. The zero-order valence-electron chi connectivity index (χ0n) is 10.0. The molecule has 1 saturated heterocycles. The monoisotopic (exact) mass is 220 g/mol. The quantitative estimate of drug-likeness (QED) is 0.756. The van der Waals surface area contributed by atoms with Gasteiger partial charge in [0.15, 0.2) is 0 Å². The molecule has 0 aliphatic carbocycles. The molecule has 0 saturated carbocycles. The van der Waals surface area contributed by atoms with E-state index in [-0.39, 0.29) is 0 Å². The van der Waals surface area contributed by atoms with Crippen LogP contribution in [0.5, 0.6) is 0 Å². The molecular formula is C12H20N4. The van der Waals surface area contributed by atoms with Crippen molar-refractivity contribution >= 4 is 0 Å². The fraction of sp³-hybridized carbons (Fsp3) is 0.833. The second-order valence-corrected chi connectivity index (χ2v) is 4.96. The van der Waals surface area contributed by atoms with Gasteiger partial charge in [0.1, 0.15) is 11.6 Å². The Labute approximate surface area is 96.7 Å². The van der Waals surface area contributed by atoms with E-state index in [1.807, 2.05) is 0 Å². The Morgan fingerprint density at radius 3 is 3.00 bits per heavy atom. The topological polar surface area (TPSA) is 34.0 Å². The van der Waals surface area contributed by atoms with Crippen LogP contribution in [0, 0.1) is 0 Å². The van der Waals surface area contributed by atoms with Crippen molar-refractivity contribution in [2.24, 2.45) is 0 Å². The first-order valence-electron chi connectivity index (χ1n) is 6.53. The fourth-order valence-corrected chi connectivity index (χ4v) is 2.96. The van der Waals surface area contributed by atoms with Crippen LogP contribution in [0.3, 0.4) is 0 Å². The van der Waals surface area contributed by atoms with E-state index in [2.05, 4.69) is 26.6 Å². The summed E-state index contributed by atoms with van der Waals surface area (Å²) in [6.45, 7) is 6.94. The smallest absolute Gasteiger partial charge is 0.137 e. The van der Waals surface area contributed by atoms with Crippen molar-refractivity contribution in [1.82, 2.24) is 19.7 Å². The van der Waals surface area contributed by atoms with E-state index >= 15 is 0 Å². The molecule has 3 rings (SSSR count). The van der Waals surface area contributed by atoms with Crippen LogP contribution in [0.15, 0.2) is 0 Å². The molecule has 0 spiro atoms. The van der Waals surface area contributed by atoms with Gasteiger partial charge in [-0.05, 0) is 32.4 Å². The van der Waals surface area contributed by atoms with E-state index < -0.39 is 0 Å². The van der Waals surface area contributed by atoms with Gasteiger partial charge in [0.2, 0.25) is 0 Å². The highest BCUT2D eigenvalue weighted by Gasteiger charge is 2.28. The third-order valence-electron chi connectivity index (χ3n) is 3.97. The van der Waals surface area contributed by atoms with Crippen LogP contribution in [0.4, 0.5) is 0 Å². The highest BCUT2D eigenvalue weighted by molar-refractivity contribution is 5.07. The number of hydrogen-bond donors (Lipinski definition) is 0. The second kappa shape index (κ2) is 4.17. The number of fused-ring (bicyclic) bond motifs is 1. The summed E-state index contributed by atoms with van der Waals surface area (Å²) in [6, 6.07) is 0. The largest absolute Gasteiger partial charge is 0.315 e. The van der Waals surface area contributed by atoms with Crippen molar-refractivity contribution in [3.63, 3.8) is 0 Å². The summed E-state index contributed by atoms with van der Waals surface area (Å²) in [7, 11) is 0. The van der Waals surface area contributed by atoms with Crippen LogP contribution in [0.1, 0.15) is 43.8 Å². The lowest BCUT2D eigenvalue weighted by molar-refractivity contribution is 0.350. The second-order valence-electron chi connectivity index (χ2n) is 4.96. The molecule has 2 aliphatic rings. The average Bonchev–Trinajstić information content (AvgIpc) is 2.94. The third-order valence-corrected chi connectivity index (χ3v) is 3.97. The SMILES string of the molecule is CCN1CCC(c2nnc3n2CCCC3)C1. The predicted molar refractivity (Wildman–Crippen MR) is 62.4 cm³/mol. The van der Waals surface area contributed by atoms with Crippen molar-refractivity contribution in [2.45, 2.75) is 45.1 Å². The molecule has 0 amide bonds. The van der Waals surface area contributed by atoms with Crippen molar-refractivity contribution in [1.29, 1.82) is 0 Å². The summed E-state index contributed by atoms with van der Waals surface area (Å²) in [6.07, 6.45) is 4.95. The minimum absolute atomic E-state index is 0.624. The third kappa shape index (κ3) is 1.65. The van der Waals surface area contributed by atoms with Gasteiger partial charge in [-0.15, -0.1) is 10.2 Å². The molecule has 4 nitrogen and oxygen atoms in total. The first-order valence-corrected chi connectivity index (χ1v) is 6.53. The van der Waals surface area contributed by atoms with E-state index in [1.165, 1.54) is 44.0 Å². The number of nitrogens with zero attached hydrogens (tertiary/aromatic N) is 4. The van der Waals surface area contributed by atoms with Crippen molar-refractivity contribution in [3.8, 4) is 0 Å². The maximum Gasteiger partial charge on any atom is 0.137 e. The average molecular weight is 220 g/mol. The normalized spacial score (nSPS) is 25.9. The van der Waals surface area contributed by atoms with Crippen molar-refractivity contribution < 1.29 is 0 Å². The summed E-state index contributed by atoms with van der Waals surface area (Å²) in [4.78, 5) is 2.51. The maximum atomic E-state index is 4.43. The Balaban J connectivity index is 1.82. The molecule has 0 radical (unpaired) electrons. The van der Waals surface area contributed by atoms with Crippen molar-refractivity contribution in [2.75, 3.05) is 19.6 Å². The van der Waals surface area contributed by atoms with Crippen LogP contribution in [-0.4, -0.2) is 39.3 Å². The summed E-state index contributed by atoms with van der Waals surface area (Å²) in [5, 5.41) is 8.78. The van der Waals surface area contributed by atoms with Gasteiger partial charge in [0.05, 0.1) is 0 Å². The first kappa shape index (κ1) is 10.3. The summed E-state index contributed by atoms with van der Waals surface area (Å²) < 4.78 is 2.38. The number of hydrogen-bond acceptors (Lipinski definition) is 3. The highest BCUT2D eigenvalue weighted by atomic mass is 15.3. The standard InChI is InChI=1S/C12H20N4/c1-2-15-8-6-10(9-15)12-14-13-11-5-3-4-7-16(11)12/h10H,2-9H2,1H3. The van der Waals surface area contributed by atoms with Gasteiger partial charge in [-0.25, -0.2) is 0 Å². The number of rotatable bonds is 2. The molecule has 0 N–H and O–H groups in total. The lowest BCUT2D eigenvalue weighted by atomic mass is 10.1. The van der Waals surface area contributed by atoms with Crippen molar-refractivity contribution in [3.05, 3.63) is 11.6 Å². The maximum absolute atomic E-state index is 4.43. The number of likely N-dealkylation sites (N-methyl/N-ethyl adjacent to an activating group) is 1. The van der Waals surface area contributed by atoms with Gasteiger partial charge in [-0.1, -0.05) is 6.92 Å². The Morgan fingerprint density at radius 2 is 2.19 bits per heavy atom. The van der Waals surface area contributed by atoms with E-state index in [0.717, 1.165) is 19.5 Å². The molecule has 88 valence electrons. The molecular weight excluding hydrogens is 200 g/mol. The molecule has 1 fully saturated rings. The van der Waals surface area contributed by atoms with Crippen LogP contribution in [0.25, 0.3) is 0 Å². The number of aryl methyl sites for hydroxylation is 1. The lowest BCUT2D eigenvalue weighted by Gasteiger charge is -2.17. The molecule has 1 unspecified atom stereocenters. The van der Waals surface area contributed by atoms with Crippen LogP contribution < -0.4 is 0 Å². The van der Waals surface area contributed by atoms with E-state index in [0.29, 0.717) is 5.92 Å². The molecule has 4 heteroatoms. The molecule has 16 heavy (non-hydrogen) atoms. The Hall–Kier alpha value is -0.900. The van der Waals surface area contributed by atoms with Crippen LogP contribution in [-0.2, 0) is 13.0 Å². The fourth-order valence-electron chi connectivity index (χ4n) is 2.96. The zero-order chi connectivity index (χ0) is 11.0. The van der Waals surface area contributed by atoms with Gasteiger partial charge < -0.3 is 9.47 Å². The van der Waals surface area contributed by atoms with Gasteiger partial charge >= 0.3 is 0 Å².